The number of hydrogen-bond donors (Lipinski definition) is 2. The smallest absolute Gasteiger partial charge is 0.244 e. The van der Waals surface area contributed by atoms with Gasteiger partial charge in [0.05, 0.1) is 11.9 Å². The van der Waals surface area contributed by atoms with E-state index in [1.54, 1.807) is 6.92 Å². The van der Waals surface area contributed by atoms with Crippen molar-refractivity contribution in [2.75, 3.05) is 13.1 Å². The first-order valence-electron chi connectivity index (χ1n) is 6.97. The summed E-state index contributed by atoms with van der Waals surface area (Å²) in [6.07, 6.45) is 3.04. The lowest BCUT2D eigenvalue weighted by Gasteiger charge is -2.40. The first kappa shape index (κ1) is 15.5. The molecule has 0 unspecified atom stereocenters. The first-order chi connectivity index (χ1) is 9.20. The average Bonchev–Trinajstić information content (AvgIpc) is 2.75. The Hall–Kier alpha value is -0.920. The van der Waals surface area contributed by atoms with Gasteiger partial charge in [-0.05, 0) is 40.5 Å². The molecule has 1 aliphatic heterocycles. The van der Waals surface area contributed by atoms with Gasteiger partial charge in [-0.2, -0.15) is 5.10 Å². The molecule has 0 saturated carbocycles. The van der Waals surface area contributed by atoms with Crippen molar-refractivity contribution in [3.05, 3.63) is 11.9 Å². The third kappa shape index (κ3) is 3.39. The molecule has 2 rings (SSSR count). The number of nitrogens with one attached hydrogen (secondary N) is 2. The molecule has 6 nitrogen and oxygen atoms in total. The Morgan fingerprint density at radius 1 is 1.35 bits per heavy atom. The lowest BCUT2D eigenvalue weighted by Crippen LogP contribution is -2.50. The van der Waals surface area contributed by atoms with Crippen LogP contribution in [0.1, 0.15) is 39.3 Å². The van der Waals surface area contributed by atoms with Gasteiger partial charge in [0, 0.05) is 24.7 Å². The normalized spacial score (nSPS) is 19.4. The zero-order valence-corrected chi connectivity index (χ0v) is 13.4. The zero-order chi connectivity index (χ0) is 15.0. The van der Waals surface area contributed by atoms with Gasteiger partial charge in [-0.15, -0.1) is 0 Å². The van der Waals surface area contributed by atoms with Crippen LogP contribution in [0.15, 0.2) is 11.1 Å². The molecule has 0 aromatic carbocycles. The van der Waals surface area contributed by atoms with Crippen LogP contribution in [-0.2, 0) is 10.0 Å². The lowest BCUT2D eigenvalue weighted by molar-refractivity contribution is 0.100. The van der Waals surface area contributed by atoms with Crippen LogP contribution < -0.4 is 4.72 Å². The molecule has 0 radical (unpaired) electrons. The van der Waals surface area contributed by atoms with E-state index < -0.39 is 10.0 Å². The summed E-state index contributed by atoms with van der Waals surface area (Å²) >= 11 is 0. The van der Waals surface area contributed by atoms with Gasteiger partial charge in [0.25, 0.3) is 0 Å². The predicted octanol–water partition coefficient (Wildman–Crippen LogP) is 1.26. The summed E-state index contributed by atoms with van der Waals surface area (Å²) in [4.78, 5) is 2.64. The molecule has 114 valence electrons. The highest BCUT2D eigenvalue weighted by Crippen LogP contribution is 2.21. The summed E-state index contributed by atoms with van der Waals surface area (Å²) < 4.78 is 27.3. The third-order valence-corrected chi connectivity index (χ3v) is 5.47. The molecule has 0 bridgehead atoms. The van der Waals surface area contributed by atoms with E-state index in [1.807, 2.05) is 0 Å². The molecule has 2 N–H and O–H groups in total. The summed E-state index contributed by atoms with van der Waals surface area (Å²) in [7, 11) is -3.46. The highest BCUT2D eigenvalue weighted by molar-refractivity contribution is 7.89. The third-order valence-electron chi connectivity index (χ3n) is 3.84. The van der Waals surface area contributed by atoms with Crippen molar-refractivity contribution >= 4 is 10.0 Å². The average molecular weight is 300 g/mol. The topological polar surface area (TPSA) is 78.1 Å². The molecule has 1 aromatic heterocycles. The quantitative estimate of drug-likeness (QED) is 0.881. The molecule has 1 fully saturated rings. The summed E-state index contributed by atoms with van der Waals surface area (Å²) in [5, 5.41) is 6.43. The number of H-pyrrole nitrogens is 1. The predicted molar refractivity (Wildman–Crippen MR) is 78.0 cm³/mol. The maximum atomic E-state index is 12.3. The van der Waals surface area contributed by atoms with Crippen LogP contribution in [0.2, 0.25) is 0 Å². The number of nitrogens with zero attached hydrogens (tertiary/aromatic N) is 2. The van der Waals surface area contributed by atoms with Crippen molar-refractivity contribution in [1.82, 2.24) is 19.8 Å². The van der Waals surface area contributed by atoms with Crippen molar-refractivity contribution in [1.29, 1.82) is 0 Å². The highest BCUT2D eigenvalue weighted by Gasteiger charge is 2.30. The Kier molecular flexibility index (Phi) is 4.22. The van der Waals surface area contributed by atoms with E-state index in [4.69, 9.17) is 0 Å². The Balaban J connectivity index is 1.98. The Morgan fingerprint density at radius 3 is 2.40 bits per heavy atom. The molecule has 1 aromatic rings. The van der Waals surface area contributed by atoms with Gasteiger partial charge in [-0.1, -0.05) is 0 Å². The second kappa shape index (κ2) is 5.46. The van der Waals surface area contributed by atoms with Crippen molar-refractivity contribution in [2.45, 2.75) is 57.0 Å². The van der Waals surface area contributed by atoms with E-state index >= 15 is 0 Å². The van der Waals surface area contributed by atoms with Crippen molar-refractivity contribution in [3.8, 4) is 0 Å². The highest BCUT2D eigenvalue weighted by atomic mass is 32.2. The molecule has 0 aliphatic carbocycles. The number of sulfonamides is 1. The molecule has 1 saturated heterocycles. The maximum Gasteiger partial charge on any atom is 0.244 e. The number of hydrogen-bond acceptors (Lipinski definition) is 4. The molecule has 0 amide bonds. The number of aryl methyl sites for hydroxylation is 1. The van der Waals surface area contributed by atoms with Gasteiger partial charge in [0.15, 0.2) is 0 Å². The van der Waals surface area contributed by atoms with Crippen LogP contribution in [0, 0.1) is 6.92 Å². The van der Waals surface area contributed by atoms with E-state index in [0.29, 0.717) is 5.69 Å². The van der Waals surface area contributed by atoms with E-state index in [9.17, 15) is 8.42 Å². The summed E-state index contributed by atoms with van der Waals surface area (Å²) in [6, 6.07) is 0.00731. The van der Waals surface area contributed by atoms with E-state index in [1.165, 1.54) is 6.20 Å². The molecular formula is C13H24N4O2S. The molecule has 2 heterocycles. The largest absolute Gasteiger partial charge is 0.298 e. The van der Waals surface area contributed by atoms with Crippen LogP contribution >= 0.6 is 0 Å². The molecule has 20 heavy (non-hydrogen) atoms. The second-order valence-electron chi connectivity index (χ2n) is 6.41. The van der Waals surface area contributed by atoms with Gasteiger partial charge in [0.2, 0.25) is 10.0 Å². The fraction of sp³-hybridized carbons (Fsp3) is 0.769. The maximum absolute atomic E-state index is 12.3. The Labute approximate surface area is 121 Å². The van der Waals surface area contributed by atoms with Crippen LogP contribution in [0.3, 0.4) is 0 Å². The second-order valence-corrected chi connectivity index (χ2v) is 8.10. The van der Waals surface area contributed by atoms with Crippen molar-refractivity contribution in [3.63, 3.8) is 0 Å². The number of rotatable bonds is 3. The van der Waals surface area contributed by atoms with Crippen LogP contribution in [0.25, 0.3) is 0 Å². The number of likely N-dealkylation sites (tertiary alicyclic amines) is 1. The fourth-order valence-corrected chi connectivity index (χ4v) is 4.00. The van der Waals surface area contributed by atoms with Gasteiger partial charge in [-0.25, -0.2) is 13.1 Å². The van der Waals surface area contributed by atoms with Gasteiger partial charge >= 0.3 is 0 Å². The number of aromatic nitrogens is 2. The van der Waals surface area contributed by atoms with Gasteiger partial charge in [0.1, 0.15) is 4.90 Å². The summed E-state index contributed by atoms with van der Waals surface area (Å²) in [5.41, 5.74) is 0.718. The van der Waals surface area contributed by atoms with Gasteiger partial charge < -0.3 is 0 Å². The number of aromatic amines is 1. The minimum atomic E-state index is -3.46. The van der Waals surface area contributed by atoms with Crippen LogP contribution in [0.4, 0.5) is 0 Å². The fourth-order valence-electron chi connectivity index (χ4n) is 2.56. The zero-order valence-electron chi connectivity index (χ0n) is 12.6. The Morgan fingerprint density at radius 2 is 1.95 bits per heavy atom. The van der Waals surface area contributed by atoms with E-state index in [2.05, 4.69) is 40.6 Å². The summed E-state index contributed by atoms with van der Waals surface area (Å²) in [6.45, 7) is 10.1. The van der Waals surface area contributed by atoms with E-state index in [-0.39, 0.29) is 16.5 Å². The molecular weight excluding hydrogens is 276 g/mol. The SMILES string of the molecule is Cc1[nH]ncc1S(=O)(=O)NC1CCN(C(C)(C)C)CC1. The molecule has 7 heteroatoms. The van der Waals surface area contributed by atoms with E-state index in [0.717, 1.165) is 25.9 Å². The standard InChI is InChI=1S/C13H24N4O2S/c1-10-12(9-14-15-10)20(18,19)16-11-5-7-17(8-6-11)13(2,3)4/h9,11,16H,5-8H2,1-4H3,(H,14,15). The molecule has 0 spiro atoms. The minimum Gasteiger partial charge on any atom is -0.298 e. The minimum absolute atomic E-state index is 0.00731. The monoisotopic (exact) mass is 300 g/mol. The van der Waals surface area contributed by atoms with Crippen LogP contribution in [0.5, 0.6) is 0 Å². The van der Waals surface area contributed by atoms with Gasteiger partial charge in [-0.3, -0.25) is 10.00 Å². The number of piperidine rings is 1. The van der Waals surface area contributed by atoms with Crippen molar-refractivity contribution in [2.24, 2.45) is 0 Å². The molecule has 0 atom stereocenters. The van der Waals surface area contributed by atoms with Crippen LogP contribution in [-0.4, -0.2) is 48.2 Å². The molecule has 1 aliphatic rings. The summed E-state index contributed by atoms with van der Waals surface area (Å²) in [5.74, 6) is 0. The Bertz CT molecular complexity index is 551. The van der Waals surface area contributed by atoms with Crippen molar-refractivity contribution < 1.29 is 8.42 Å². The first-order valence-corrected chi connectivity index (χ1v) is 8.46. The lowest BCUT2D eigenvalue weighted by atomic mass is 9.99.